The van der Waals surface area contributed by atoms with Gasteiger partial charge in [0, 0.05) is 24.8 Å². The van der Waals surface area contributed by atoms with E-state index in [1.807, 2.05) is 12.1 Å². The monoisotopic (exact) mass is 364 g/mol. The van der Waals surface area contributed by atoms with Crippen LogP contribution >= 0.6 is 0 Å². The maximum atomic E-state index is 13.3. The number of fused-ring (bicyclic) bond motifs is 1. The van der Waals surface area contributed by atoms with Crippen LogP contribution in [0.5, 0.6) is 0 Å². The van der Waals surface area contributed by atoms with Crippen molar-refractivity contribution in [2.24, 2.45) is 5.73 Å². The summed E-state index contributed by atoms with van der Waals surface area (Å²) in [5, 5.41) is 11.5. The molecule has 2 aromatic carbocycles. The molecule has 1 atom stereocenters. The zero-order chi connectivity index (χ0) is 18.8. The molecule has 0 bridgehead atoms. The molecule has 0 saturated carbocycles. The molecule has 0 aliphatic carbocycles. The molecule has 0 amide bonds. The second kappa shape index (κ2) is 7.28. The molecule has 6 nitrogen and oxygen atoms in total. The number of hydrogen-bond acceptors (Lipinski definition) is 6. The Hall–Kier alpha value is -3.06. The summed E-state index contributed by atoms with van der Waals surface area (Å²) in [6.07, 6.45) is 2.47. The Morgan fingerprint density at radius 2 is 2.11 bits per heavy atom. The van der Waals surface area contributed by atoms with Gasteiger partial charge in [0.25, 0.3) is 5.95 Å². The lowest BCUT2D eigenvalue weighted by Crippen LogP contribution is -2.26. The van der Waals surface area contributed by atoms with Crippen LogP contribution in [0.2, 0.25) is 0 Å². The summed E-state index contributed by atoms with van der Waals surface area (Å²) in [7, 11) is 0. The molecule has 0 saturated heterocycles. The number of rotatable bonds is 5. The summed E-state index contributed by atoms with van der Waals surface area (Å²) in [5.41, 5.74) is 10.2. The van der Waals surface area contributed by atoms with Crippen molar-refractivity contribution < 1.29 is 4.39 Å². The first-order valence-electron chi connectivity index (χ1n) is 8.94. The molecule has 138 valence electrons. The van der Waals surface area contributed by atoms with Gasteiger partial charge in [0.05, 0.1) is 6.20 Å². The third kappa shape index (κ3) is 3.46. The van der Waals surface area contributed by atoms with Crippen LogP contribution in [0.3, 0.4) is 0 Å². The summed E-state index contributed by atoms with van der Waals surface area (Å²) in [6.45, 7) is 3.11. The molecule has 4 rings (SSSR count). The Labute approximate surface area is 157 Å². The fourth-order valence-electron chi connectivity index (χ4n) is 3.52. The molecule has 0 fully saturated rings. The Kier molecular flexibility index (Phi) is 4.68. The predicted molar refractivity (Wildman–Crippen MR) is 103 cm³/mol. The zero-order valence-electron chi connectivity index (χ0n) is 15.1. The number of nitrogens with one attached hydrogen (secondary N) is 1. The van der Waals surface area contributed by atoms with Gasteiger partial charge in [-0.05, 0) is 48.2 Å². The first-order chi connectivity index (χ1) is 13.2. The highest BCUT2D eigenvalue weighted by Crippen LogP contribution is 2.38. The first-order valence-corrected chi connectivity index (χ1v) is 8.94. The fourth-order valence-corrected chi connectivity index (χ4v) is 3.52. The van der Waals surface area contributed by atoms with E-state index in [0.717, 1.165) is 23.2 Å². The number of nitrogens with zero attached hydrogens (tertiary/aromatic N) is 4. The molecular weight excluding hydrogens is 343 g/mol. The zero-order valence-corrected chi connectivity index (χ0v) is 15.1. The van der Waals surface area contributed by atoms with E-state index in [9.17, 15) is 4.39 Å². The van der Waals surface area contributed by atoms with Crippen LogP contribution in [0.1, 0.15) is 23.6 Å². The van der Waals surface area contributed by atoms with Crippen molar-refractivity contribution in [3.05, 3.63) is 71.2 Å². The highest BCUT2D eigenvalue weighted by Gasteiger charge is 2.30. The molecule has 1 aliphatic rings. The van der Waals surface area contributed by atoms with Gasteiger partial charge in [0.1, 0.15) is 5.82 Å². The predicted octanol–water partition coefficient (Wildman–Crippen LogP) is 3.16. The van der Waals surface area contributed by atoms with Crippen LogP contribution in [0, 0.1) is 5.82 Å². The highest BCUT2D eigenvalue weighted by atomic mass is 19.1. The Balaban J connectivity index is 1.58. The lowest BCUT2D eigenvalue weighted by Gasteiger charge is -2.22. The van der Waals surface area contributed by atoms with E-state index in [1.165, 1.54) is 17.7 Å². The van der Waals surface area contributed by atoms with Crippen LogP contribution < -0.4 is 16.0 Å². The smallest absolute Gasteiger partial charge is 0.252 e. The van der Waals surface area contributed by atoms with Gasteiger partial charge in [-0.15, -0.1) is 5.10 Å². The van der Waals surface area contributed by atoms with Crippen molar-refractivity contribution >= 4 is 17.5 Å². The maximum Gasteiger partial charge on any atom is 0.252 e. The van der Waals surface area contributed by atoms with E-state index in [-0.39, 0.29) is 11.9 Å². The third-order valence-electron chi connectivity index (χ3n) is 4.79. The van der Waals surface area contributed by atoms with E-state index in [1.54, 1.807) is 12.3 Å². The number of halogens is 1. The van der Waals surface area contributed by atoms with Crippen molar-refractivity contribution in [2.45, 2.75) is 32.5 Å². The molecule has 2 heterocycles. The lowest BCUT2D eigenvalue weighted by molar-refractivity contribution is 0.626. The molecule has 0 spiro atoms. The molecule has 1 unspecified atom stereocenters. The van der Waals surface area contributed by atoms with Crippen molar-refractivity contribution in [3.63, 3.8) is 0 Å². The number of anilines is 3. The summed E-state index contributed by atoms with van der Waals surface area (Å²) in [4.78, 5) is 6.71. The molecule has 3 N–H and O–H groups in total. The fraction of sp³-hybridized carbons (Fsp3) is 0.250. The standard InChI is InChI=1S/C20H21FN6/c1-13-8-17-15(10-22)5-3-7-18(17)27(13)20-25-19(12-24-26-20)23-11-14-4-2-6-16(21)9-14/h2-7,9,12-13H,8,10-11,22H2,1H3,(H,23,25,26). The topological polar surface area (TPSA) is 80.0 Å². The van der Waals surface area contributed by atoms with Crippen LogP contribution in [0.15, 0.2) is 48.7 Å². The maximum absolute atomic E-state index is 13.3. The quantitative estimate of drug-likeness (QED) is 0.724. The Morgan fingerprint density at radius 1 is 1.26 bits per heavy atom. The first kappa shape index (κ1) is 17.4. The van der Waals surface area contributed by atoms with E-state index < -0.39 is 0 Å². The highest BCUT2D eigenvalue weighted by molar-refractivity contribution is 5.69. The average Bonchev–Trinajstić information content (AvgIpc) is 3.02. The molecule has 1 aliphatic heterocycles. The second-order valence-corrected chi connectivity index (χ2v) is 6.67. The van der Waals surface area contributed by atoms with Gasteiger partial charge < -0.3 is 16.0 Å². The van der Waals surface area contributed by atoms with Gasteiger partial charge in [-0.1, -0.05) is 24.3 Å². The summed E-state index contributed by atoms with van der Waals surface area (Å²) in [6, 6.07) is 12.8. The SMILES string of the molecule is CC1Cc2c(CN)cccc2N1c1nncc(NCc2cccc(F)c2)n1. The summed E-state index contributed by atoms with van der Waals surface area (Å²) in [5.74, 6) is 0.883. The number of benzene rings is 2. The van der Waals surface area contributed by atoms with E-state index >= 15 is 0 Å². The van der Waals surface area contributed by atoms with E-state index in [4.69, 9.17) is 5.73 Å². The van der Waals surface area contributed by atoms with Gasteiger partial charge in [-0.2, -0.15) is 10.1 Å². The van der Waals surface area contributed by atoms with Gasteiger partial charge in [-0.3, -0.25) is 0 Å². The minimum absolute atomic E-state index is 0.216. The van der Waals surface area contributed by atoms with Crippen LogP contribution in [0.25, 0.3) is 0 Å². The van der Waals surface area contributed by atoms with Crippen LogP contribution in [0.4, 0.5) is 21.8 Å². The summed E-state index contributed by atoms with van der Waals surface area (Å²) >= 11 is 0. The van der Waals surface area contributed by atoms with Crippen molar-refractivity contribution in [3.8, 4) is 0 Å². The average molecular weight is 364 g/mol. The number of nitrogens with two attached hydrogens (primary N) is 1. The molecule has 7 heteroatoms. The van der Waals surface area contributed by atoms with E-state index in [2.05, 4.69) is 44.5 Å². The molecule has 0 radical (unpaired) electrons. The molecule has 3 aromatic rings. The van der Waals surface area contributed by atoms with Gasteiger partial charge in [0.15, 0.2) is 5.82 Å². The van der Waals surface area contributed by atoms with E-state index in [0.29, 0.717) is 24.9 Å². The van der Waals surface area contributed by atoms with Gasteiger partial charge in [0.2, 0.25) is 0 Å². The van der Waals surface area contributed by atoms with Crippen LogP contribution in [-0.2, 0) is 19.5 Å². The largest absolute Gasteiger partial charge is 0.365 e. The molecule has 1 aromatic heterocycles. The Morgan fingerprint density at radius 3 is 2.93 bits per heavy atom. The number of hydrogen-bond donors (Lipinski definition) is 2. The third-order valence-corrected chi connectivity index (χ3v) is 4.79. The molecule has 27 heavy (non-hydrogen) atoms. The number of aromatic nitrogens is 3. The summed E-state index contributed by atoms with van der Waals surface area (Å²) < 4.78 is 13.3. The minimum atomic E-state index is -0.256. The lowest BCUT2D eigenvalue weighted by atomic mass is 10.0. The minimum Gasteiger partial charge on any atom is -0.365 e. The molecular formula is C20H21FN6. The normalized spacial score (nSPS) is 15.7. The Bertz CT molecular complexity index is 961. The van der Waals surface area contributed by atoms with Crippen molar-refractivity contribution in [2.75, 3.05) is 10.2 Å². The van der Waals surface area contributed by atoms with Crippen LogP contribution in [-0.4, -0.2) is 21.2 Å². The second-order valence-electron chi connectivity index (χ2n) is 6.67. The van der Waals surface area contributed by atoms with Gasteiger partial charge >= 0.3 is 0 Å². The van der Waals surface area contributed by atoms with Crippen molar-refractivity contribution in [1.82, 2.24) is 15.2 Å². The van der Waals surface area contributed by atoms with Gasteiger partial charge in [-0.25, -0.2) is 4.39 Å². The van der Waals surface area contributed by atoms with Crippen molar-refractivity contribution in [1.29, 1.82) is 0 Å².